The highest BCUT2D eigenvalue weighted by atomic mass is 16.3. The predicted octanol–water partition coefficient (Wildman–Crippen LogP) is 4.73. The number of benzene rings is 1. The SMILES string of the molecule is CCCC1CCC(O)(CCCc2ccccc2)CC1. The molecular formula is C18H28O. The first kappa shape index (κ1) is 14.6. The van der Waals surface area contributed by atoms with Crippen molar-refractivity contribution in [3.8, 4) is 0 Å². The maximum Gasteiger partial charge on any atom is 0.0648 e. The highest BCUT2D eigenvalue weighted by Gasteiger charge is 2.32. The molecule has 1 N–H and O–H groups in total. The van der Waals surface area contributed by atoms with E-state index in [4.69, 9.17) is 0 Å². The number of rotatable bonds is 6. The summed E-state index contributed by atoms with van der Waals surface area (Å²) in [4.78, 5) is 0. The van der Waals surface area contributed by atoms with E-state index in [0.29, 0.717) is 0 Å². The maximum atomic E-state index is 10.6. The number of aliphatic hydroxyl groups is 1. The standard InChI is InChI=1S/C18H28O/c1-2-7-16-11-14-18(19,15-12-16)13-6-10-17-8-4-3-5-9-17/h3-5,8-9,16,19H,2,6-7,10-15H2,1H3. The van der Waals surface area contributed by atoms with E-state index in [-0.39, 0.29) is 5.60 Å². The van der Waals surface area contributed by atoms with Crippen LogP contribution in [0.4, 0.5) is 0 Å². The molecule has 1 aromatic carbocycles. The van der Waals surface area contributed by atoms with Crippen molar-refractivity contribution < 1.29 is 5.11 Å². The normalized spacial score (nSPS) is 27.4. The molecule has 0 saturated heterocycles. The van der Waals surface area contributed by atoms with Crippen LogP contribution in [0.1, 0.15) is 63.9 Å². The van der Waals surface area contributed by atoms with Crippen molar-refractivity contribution in [1.82, 2.24) is 0 Å². The largest absolute Gasteiger partial charge is 0.390 e. The summed E-state index contributed by atoms with van der Waals surface area (Å²) in [7, 11) is 0. The Labute approximate surface area is 118 Å². The van der Waals surface area contributed by atoms with E-state index in [2.05, 4.69) is 37.3 Å². The molecule has 0 aromatic heterocycles. The lowest BCUT2D eigenvalue weighted by Gasteiger charge is -2.36. The molecule has 0 amide bonds. The van der Waals surface area contributed by atoms with E-state index in [1.165, 1.54) is 31.2 Å². The third-order valence-corrected chi connectivity index (χ3v) is 4.68. The predicted molar refractivity (Wildman–Crippen MR) is 81.2 cm³/mol. The Morgan fingerprint density at radius 2 is 1.84 bits per heavy atom. The van der Waals surface area contributed by atoms with Gasteiger partial charge in [0.25, 0.3) is 0 Å². The van der Waals surface area contributed by atoms with E-state index in [9.17, 15) is 5.11 Å². The molecule has 2 rings (SSSR count). The third-order valence-electron chi connectivity index (χ3n) is 4.68. The zero-order valence-electron chi connectivity index (χ0n) is 12.3. The lowest BCUT2D eigenvalue weighted by Crippen LogP contribution is -2.34. The molecule has 19 heavy (non-hydrogen) atoms. The van der Waals surface area contributed by atoms with Gasteiger partial charge in [-0.25, -0.2) is 0 Å². The summed E-state index contributed by atoms with van der Waals surface area (Å²) in [6.07, 6.45) is 10.3. The average Bonchev–Trinajstić information content (AvgIpc) is 2.43. The third kappa shape index (κ3) is 4.65. The van der Waals surface area contributed by atoms with Crippen LogP contribution in [0, 0.1) is 5.92 Å². The van der Waals surface area contributed by atoms with Gasteiger partial charge >= 0.3 is 0 Å². The average molecular weight is 260 g/mol. The van der Waals surface area contributed by atoms with E-state index >= 15 is 0 Å². The van der Waals surface area contributed by atoms with Gasteiger partial charge in [0.2, 0.25) is 0 Å². The number of aryl methyl sites for hydroxylation is 1. The van der Waals surface area contributed by atoms with Gasteiger partial charge in [-0.15, -0.1) is 0 Å². The molecule has 0 aliphatic heterocycles. The number of hydrogen-bond donors (Lipinski definition) is 1. The number of hydrogen-bond acceptors (Lipinski definition) is 1. The second kappa shape index (κ2) is 7.09. The van der Waals surface area contributed by atoms with E-state index in [0.717, 1.165) is 38.0 Å². The lowest BCUT2D eigenvalue weighted by atomic mass is 9.75. The second-order valence-electron chi connectivity index (χ2n) is 6.30. The summed E-state index contributed by atoms with van der Waals surface area (Å²) >= 11 is 0. The fourth-order valence-corrected chi connectivity index (χ4v) is 3.43. The molecular weight excluding hydrogens is 232 g/mol. The molecule has 1 aliphatic carbocycles. The Balaban J connectivity index is 1.71. The Kier molecular flexibility index (Phi) is 5.45. The van der Waals surface area contributed by atoms with Crippen LogP contribution >= 0.6 is 0 Å². The van der Waals surface area contributed by atoms with Crippen molar-refractivity contribution in [2.24, 2.45) is 5.92 Å². The minimum atomic E-state index is -0.362. The van der Waals surface area contributed by atoms with E-state index in [1.54, 1.807) is 0 Å². The van der Waals surface area contributed by atoms with Crippen molar-refractivity contribution >= 4 is 0 Å². The Hall–Kier alpha value is -0.820. The van der Waals surface area contributed by atoms with Gasteiger partial charge in [0.1, 0.15) is 0 Å². The molecule has 0 heterocycles. The van der Waals surface area contributed by atoms with Crippen LogP contribution in [-0.4, -0.2) is 10.7 Å². The molecule has 0 unspecified atom stereocenters. The molecule has 1 saturated carbocycles. The summed E-state index contributed by atoms with van der Waals surface area (Å²) < 4.78 is 0. The quantitative estimate of drug-likeness (QED) is 0.784. The highest BCUT2D eigenvalue weighted by Crippen LogP contribution is 2.37. The van der Waals surface area contributed by atoms with Gasteiger partial charge in [-0.05, 0) is 56.4 Å². The van der Waals surface area contributed by atoms with Gasteiger partial charge in [-0.2, -0.15) is 0 Å². The Morgan fingerprint density at radius 3 is 2.47 bits per heavy atom. The van der Waals surface area contributed by atoms with Gasteiger partial charge in [0, 0.05) is 0 Å². The zero-order valence-corrected chi connectivity index (χ0v) is 12.3. The summed E-state index contributed by atoms with van der Waals surface area (Å²) in [5.74, 6) is 0.874. The summed E-state index contributed by atoms with van der Waals surface area (Å²) in [6, 6.07) is 10.6. The van der Waals surface area contributed by atoms with E-state index < -0.39 is 0 Å². The van der Waals surface area contributed by atoms with Crippen LogP contribution < -0.4 is 0 Å². The Bertz CT molecular complexity index is 349. The molecule has 0 bridgehead atoms. The summed E-state index contributed by atoms with van der Waals surface area (Å²) in [6.45, 7) is 2.26. The second-order valence-corrected chi connectivity index (χ2v) is 6.30. The van der Waals surface area contributed by atoms with Gasteiger partial charge < -0.3 is 5.11 Å². The molecule has 1 nitrogen and oxygen atoms in total. The van der Waals surface area contributed by atoms with Crippen molar-refractivity contribution in [3.63, 3.8) is 0 Å². The molecule has 1 fully saturated rings. The molecule has 1 aliphatic rings. The highest BCUT2D eigenvalue weighted by molar-refractivity contribution is 5.14. The van der Waals surface area contributed by atoms with Crippen LogP contribution in [0.25, 0.3) is 0 Å². The fraction of sp³-hybridized carbons (Fsp3) is 0.667. The molecule has 0 spiro atoms. The summed E-state index contributed by atoms with van der Waals surface area (Å²) in [5.41, 5.74) is 1.03. The maximum absolute atomic E-state index is 10.6. The van der Waals surface area contributed by atoms with Crippen LogP contribution in [0.5, 0.6) is 0 Å². The van der Waals surface area contributed by atoms with Gasteiger partial charge in [-0.3, -0.25) is 0 Å². The monoisotopic (exact) mass is 260 g/mol. The smallest absolute Gasteiger partial charge is 0.0648 e. The summed E-state index contributed by atoms with van der Waals surface area (Å²) in [5, 5.41) is 10.6. The van der Waals surface area contributed by atoms with Gasteiger partial charge in [0.15, 0.2) is 0 Å². The van der Waals surface area contributed by atoms with Gasteiger partial charge in [-0.1, -0.05) is 50.1 Å². The molecule has 0 atom stereocenters. The van der Waals surface area contributed by atoms with Crippen molar-refractivity contribution in [2.75, 3.05) is 0 Å². The first-order chi connectivity index (χ1) is 9.22. The van der Waals surface area contributed by atoms with Crippen LogP contribution in [0.2, 0.25) is 0 Å². The van der Waals surface area contributed by atoms with Crippen LogP contribution in [-0.2, 0) is 6.42 Å². The lowest BCUT2D eigenvalue weighted by molar-refractivity contribution is -0.0189. The van der Waals surface area contributed by atoms with Crippen molar-refractivity contribution in [2.45, 2.75) is 70.3 Å². The molecule has 0 radical (unpaired) electrons. The first-order valence-electron chi connectivity index (χ1n) is 7.98. The van der Waals surface area contributed by atoms with Crippen molar-refractivity contribution in [1.29, 1.82) is 0 Å². The first-order valence-corrected chi connectivity index (χ1v) is 7.98. The fourth-order valence-electron chi connectivity index (χ4n) is 3.43. The van der Waals surface area contributed by atoms with Gasteiger partial charge in [0.05, 0.1) is 5.60 Å². The zero-order chi connectivity index (χ0) is 13.6. The molecule has 1 heteroatoms. The Morgan fingerprint density at radius 1 is 1.16 bits per heavy atom. The molecule has 106 valence electrons. The minimum Gasteiger partial charge on any atom is -0.390 e. The topological polar surface area (TPSA) is 20.2 Å². The minimum absolute atomic E-state index is 0.362. The van der Waals surface area contributed by atoms with Crippen LogP contribution in [0.15, 0.2) is 30.3 Å². The molecule has 1 aromatic rings. The van der Waals surface area contributed by atoms with Crippen molar-refractivity contribution in [3.05, 3.63) is 35.9 Å². The van der Waals surface area contributed by atoms with E-state index in [1.807, 2.05) is 0 Å². The van der Waals surface area contributed by atoms with Crippen LogP contribution in [0.3, 0.4) is 0 Å².